The average Bonchev–Trinajstić information content (AvgIpc) is 2.66. The summed E-state index contributed by atoms with van der Waals surface area (Å²) in [5.41, 5.74) is 1.89. The van der Waals surface area contributed by atoms with Crippen LogP contribution in [0, 0.1) is 0 Å². The van der Waals surface area contributed by atoms with Gasteiger partial charge >= 0.3 is 0 Å². The molecular weight excluding hydrogens is 390 g/mol. The van der Waals surface area contributed by atoms with Crippen LogP contribution in [0.1, 0.15) is 11.1 Å². The van der Waals surface area contributed by atoms with Crippen LogP contribution in [-0.4, -0.2) is 36.3 Å². The second-order valence-electron chi connectivity index (χ2n) is 5.34. The van der Waals surface area contributed by atoms with Crippen molar-refractivity contribution in [2.45, 2.75) is 13.1 Å². The first-order valence-electron chi connectivity index (χ1n) is 7.88. The first-order chi connectivity index (χ1) is 12.5. The van der Waals surface area contributed by atoms with E-state index < -0.39 is 10.0 Å². The molecule has 0 saturated heterocycles. The van der Waals surface area contributed by atoms with E-state index >= 15 is 0 Å². The van der Waals surface area contributed by atoms with Crippen LogP contribution in [0.5, 0.6) is 5.75 Å². The third kappa shape index (κ3) is 7.69. The van der Waals surface area contributed by atoms with E-state index in [9.17, 15) is 8.42 Å². The molecule has 140 valence electrons. The Bertz CT molecular complexity index is 797. The lowest BCUT2D eigenvalue weighted by Gasteiger charge is -2.09. The van der Waals surface area contributed by atoms with Crippen LogP contribution in [-0.2, 0) is 23.1 Å². The van der Waals surface area contributed by atoms with Crippen molar-refractivity contribution in [1.82, 2.24) is 15.0 Å². The number of thiocarbonyl (C=S) groups is 1. The van der Waals surface area contributed by atoms with E-state index in [2.05, 4.69) is 15.0 Å². The molecule has 1 heterocycles. The molecule has 0 amide bonds. The zero-order valence-corrected chi connectivity index (χ0v) is 16.8. The molecule has 2 aromatic rings. The van der Waals surface area contributed by atoms with E-state index in [0.717, 1.165) is 16.9 Å². The molecule has 9 heteroatoms. The van der Waals surface area contributed by atoms with Crippen molar-refractivity contribution in [2.75, 3.05) is 18.6 Å². The molecule has 0 atom stereocenters. The third-order valence-electron chi connectivity index (χ3n) is 3.40. The smallest absolute Gasteiger partial charge is 0.212 e. The molecule has 0 unspecified atom stereocenters. The van der Waals surface area contributed by atoms with E-state index in [1.54, 1.807) is 31.6 Å². The molecule has 0 fully saturated rings. The predicted octanol–water partition coefficient (Wildman–Crippen LogP) is 2.32. The summed E-state index contributed by atoms with van der Waals surface area (Å²) in [4.78, 5) is 4.03. The molecule has 0 saturated carbocycles. The van der Waals surface area contributed by atoms with E-state index in [4.69, 9.17) is 17.0 Å². The number of aromatic nitrogens is 1. The molecule has 26 heavy (non-hydrogen) atoms. The lowest BCUT2D eigenvalue weighted by molar-refractivity contribution is 0.414. The maximum absolute atomic E-state index is 12.1. The first kappa shape index (κ1) is 20.6. The second kappa shape index (κ2) is 10.5. The molecule has 2 N–H and O–H groups in total. The number of sulfonamides is 1. The van der Waals surface area contributed by atoms with Gasteiger partial charge in [-0.3, -0.25) is 4.98 Å². The highest BCUT2D eigenvalue weighted by Crippen LogP contribution is 2.11. The molecule has 0 aliphatic rings. The fraction of sp³-hybridized carbons (Fsp3) is 0.294. The Kier molecular flexibility index (Phi) is 8.30. The standard InChI is InChI=1S/C17H21N3O3S3/c1-23-16-6-4-14(5-7-16)13-20-26(21,22)10-9-25-17(24)19-12-15-3-2-8-18-11-15/h2-8,11,20H,9-10,12-13H2,1H3,(H,19,24). The number of ether oxygens (including phenoxy) is 1. The molecular formula is C17H21N3O3S3. The van der Waals surface area contributed by atoms with Crippen molar-refractivity contribution >= 4 is 38.3 Å². The average molecular weight is 412 g/mol. The monoisotopic (exact) mass is 411 g/mol. The number of pyridine rings is 1. The maximum Gasteiger partial charge on any atom is 0.212 e. The second-order valence-corrected chi connectivity index (χ2v) is 9.04. The lowest BCUT2D eigenvalue weighted by atomic mass is 10.2. The van der Waals surface area contributed by atoms with Gasteiger partial charge in [-0.1, -0.05) is 42.2 Å². The van der Waals surface area contributed by atoms with Crippen LogP contribution in [0.4, 0.5) is 0 Å². The number of thioether (sulfide) groups is 1. The Balaban J connectivity index is 1.67. The summed E-state index contributed by atoms with van der Waals surface area (Å²) in [6.45, 7) is 0.822. The highest BCUT2D eigenvalue weighted by atomic mass is 32.2. The Hall–Kier alpha value is -1.68. The Labute approximate surface area is 163 Å². The number of nitrogens with one attached hydrogen (secondary N) is 2. The van der Waals surface area contributed by atoms with Crippen LogP contribution in [0.15, 0.2) is 48.8 Å². The minimum Gasteiger partial charge on any atom is -0.497 e. The summed E-state index contributed by atoms with van der Waals surface area (Å²) in [5, 5.41) is 3.08. The Morgan fingerprint density at radius 1 is 1.19 bits per heavy atom. The van der Waals surface area contributed by atoms with Gasteiger partial charge in [-0.2, -0.15) is 0 Å². The summed E-state index contributed by atoms with van der Waals surface area (Å²) in [6, 6.07) is 11.0. The highest BCUT2D eigenvalue weighted by molar-refractivity contribution is 8.23. The molecule has 2 rings (SSSR count). The number of nitrogens with zero attached hydrogens (tertiary/aromatic N) is 1. The highest BCUT2D eigenvalue weighted by Gasteiger charge is 2.11. The molecule has 6 nitrogen and oxygen atoms in total. The fourth-order valence-electron chi connectivity index (χ4n) is 1.98. The molecule has 0 spiro atoms. The minimum absolute atomic E-state index is 0.00251. The molecule has 0 aliphatic heterocycles. The molecule has 1 aromatic heterocycles. The summed E-state index contributed by atoms with van der Waals surface area (Å²) >= 11 is 6.52. The number of methoxy groups -OCH3 is 1. The van der Waals surface area contributed by atoms with Gasteiger partial charge in [0.05, 0.1) is 12.9 Å². The molecule has 0 radical (unpaired) electrons. The topological polar surface area (TPSA) is 80.3 Å². The third-order valence-corrected chi connectivity index (χ3v) is 6.30. The van der Waals surface area contributed by atoms with Crippen LogP contribution < -0.4 is 14.8 Å². The summed E-state index contributed by atoms with van der Waals surface area (Å²) in [5.74, 6) is 1.12. The van der Waals surface area contributed by atoms with Gasteiger partial charge < -0.3 is 10.1 Å². The molecule has 0 bridgehead atoms. The van der Waals surface area contributed by atoms with Gasteiger partial charge in [0.15, 0.2) is 0 Å². The molecule has 0 aliphatic carbocycles. The van der Waals surface area contributed by atoms with Gasteiger partial charge in [0.25, 0.3) is 0 Å². The Morgan fingerprint density at radius 3 is 2.62 bits per heavy atom. The van der Waals surface area contributed by atoms with Crippen LogP contribution >= 0.6 is 24.0 Å². The van der Waals surface area contributed by atoms with Gasteiger partial charge in [-0.15, -0.1) is 0 Å². The number of benzene rings is 1. The van der Waals surface area contributed by atoms with Gasteiger partial charge in [0.1, 0.15) is 10.1 Å². The largest absolute Gasteiger partial charge is 0.497 e. The van der Waals surface area contributed by atoms with Gasteiger partial charge in [0, 0.05) is 31.2 Å². The lowest BCUT2D eigenvalue weighted by Crippen LogP contribution is -2.27. The van der Waals surface area contributed by atoms with E-state index in [0.29, 0.717) is 16.6 Å². The number of hydrogen-bond acceptors (Lipinski definition) is 6. The summed E-state index contributed by atoms with van der Waals surface area (Å²) in [7, 11) is -1.77. The summed E-state index contributed by atoms with van der Waals surface area (Å²) in [6.07, 6.45) is 3.47. The van der Waals surface area contributed by atoms with Crippen molar-refractivity contribution in [2.24, 2.45) is 0 Å². The van der Waals surface area contributed by atoms with Crippen LogP contribution in [0.2, 0.25) is 0 Å². The van der Waals surface area contributed by atoms with Crippen molar-refractivity contribution in [3.8, 4) is 5.75 Å². The van der Waals surface area contributed by atoms with Crippen molar-refractivity contribution in [1.29, 1.82) is 0 Å². The van der Waals surface area contributed by atoms with Crippen molar-refractivity contribution < 1.29 is 13.2 Å². The SMILES string of the molecule is COc1ccc(CNS(=O)(=O)CCSC(=S)NCc2cccnc2)cc1. The van der Waals surface area contributed by atoms with Crippen molar-refractivity contribution in [3.05, 3.63) is 59.9 Å². The van der Waals surface area contributed by atoms with Crippen LogP contribution in [0.3, 0.4) is 0 Å². The summed E-state index contributed by atoms with van der Waals surface area (Å²) < 4.78 is 32.4. The van der Waals surface area contributed by atoms with Crippen molar-refractivity contribution in [3.63, 3.8) is 0 Å². The first-order valence-corrected chi connectivity index (χ1v) is 10.9. The Morgan fingerprint density at radius 2 is 1.96 bits per heavy atom. The molecule has 1 aromatic carbocycles. The van der Waals surface area contributed by atoms with E-state index in [1.165, 1.54) is 11.8 Å². The fourth-order valence-corrected chi connectivity index (χ4v) is 4.40. The quantitative estimate of drug-likeness (QED) is 0.613. The van der Waals surface area contributed by atoms with Crippen LogP contribution in [0.25, 0.3) is 0 Å². The number of rotatable bonds is 9. The minimum atomic E-state index is -3.36. The zero-order chi connectivity index (χ0) is 18.8. The zero-order valence-electron chi connectivity index (χ0n) is 14.3. The van der Waals surface area contributed by atoms with Gasteiger partial charge in [0.2, 0.25) is 10.0 Å². The predicted molar refractivity (Wildman–Crippen MR) is 110 cm³/mol. The van der Waals surface area contributed by atoms with Gasteiger partial charge in [-0.25, -0.2) is 13.1 Å². The van der Waals surface area contributed by atoms with E-state index in [-0.39, 0.29) is 12.3 Å². The van der Waals surface area contributed by atoms with Gasteiger partial charge in [-0.05, 0) is 29.3 Å². The maximum atomic E-state index is 12.1. The van der Waals surface area contributed by atoms with E-state index in [1.807, 2.05) is 24.3 Å². The number of hydrogen-bond donors (Lipinski definition) is 2. The normalized spacial score (nSPS) is 11.1.